The molecule has 0 aliphatic heterocycles. The van der Waals surface area contributed by atoms with Crippen molar-refractivity contribution < 1.29 is 14.3 Å². The van der Waals surface area contributed by atoms with Crippen molar-refractivity contribution in [2.45, 2.75) is 19.5 Å². The van der Waals surface area contributed by atoms with Crippen LogP contribution in [0.4, 0.5) is 4.39 Å². The van der Waals surface area contributed by atoms with Gasteiger partial charge >= 0.3 is 5.97 Å². The third-order valence-corrected chi connectivity index (χ3v) is 3.19. The number of hydrogen-bond acceptors (Lipinski definition) is 2. The zero-order chi connectivity index (χ0) is 12.3. The smallest absolute Gasteiger partial charge is 0.320 e. The highest BCUT2D eigenvalue weighted by Crippen LogP contribution is 2.19. The molecule has 5 heteroatoms. The van der Waals surface area contributed by atoms with Gasteiger partial charge in [0.25, 0.3) is 0 Å². The number of carbonyl (C=O) groups is 1. The number of carboxylic acid groups (broad SMARTS) is 1. The normalized spacial score (nSPS) is 12.8. The van der Waals surface area contributed by atoms with Crippen molar-refractivity contribution in [1.82, 2.24) is 4.90 Å². The molecule has 1 unspecified atom stereocenters. The van der Waals surface area contributed by atoms with Crippen LogP contribution in [0.25, 0.3) is 0 Å². The quantitative estimate of drug-likeness (QED) is 0.926. The van der Waals surface area contributed by atoms with E-state index in [1.54, 1.807) is 24.9 Å². The Balaban J connectivity index is 2.77. The summed E-state index contributed by atoms with van der Waals surface area (Å²) in [6, 6.07) is 3.80. The van der Waals surface area contributed by atoms with Crippen LogP contribution >= 0.6 is 15.9 Å². The third kappa shape index (κ3) is 3.28. The van der Waals surface area contributed by atoms with Crippen LogP contribution in [-0.4, -0.2) is 29.1 Å². The molecule has 1 aromatic carbocycles. The molecule has 0 saturated heterocycles. The second kappa shape index (κ2) is 5.41. The monoisotopic (exact) mass is 289 g/mol. The number of aliphatic carboxylic acids is 1. The third-order valence-electron chi connectivity index (χ3n) is 2.45. The maximum absolute atomic E-state index is 12.8. The molecule has 1 aromatic rings. The first-order chi connectivity index (χ1) is 7.41. The summed E-state index contributed by atoms with van der Waals surface area (Å²) in [6.45, 7) is 2.06. The maximum atomic E-state index is 12.8. The van der Waals surface area contributed by atoms with E-state index in [1.807, 2.05) is 0 Å². The van der Waals surface area contributed by atoms with E-state index in [-0.39, 0.29) is 5.82 Å². The Morgan fingerprint density at radius 2 is 2.25 bits per heavy atom. The molecular formula is C11H13BrFNO2. The Hall–Kier alpha value is -0.940. The molecule has 0 heterocycles. The first-order valence-corrected chi connectivity index (χ1v) is 5.58. The van der Waals surface area contributed by atoms with Gasteiger partial charge in [0.2, 0.25) is 0 Å². The molecule has 0 aliphatic carbocycles. The fourth-order valence-electron chi connectivity index (χ4n) is 1.24. The van der Waals surface area contributed by atoms with Crippen molar-refractivity contribution >= 4 is 21.9 Å². The van der Waals surface area contributed by atoms with Crippen LogP contribution in [0.1, 0.15) is 12.5 Å². The van der Waals surface area contributed by atoms with Gasteiger partial charge in [-0.25, -0.2) is 4.39 Å². The minimum absolute atomic E-state index is 0.315. The summed E-state index contributed by atoms with van der Waals surface area (Å²) in [7, 11) is 1.72. The lowest BCUT2D eigenvalue weighted by molar-refractivity contribution is -0.142. The lowest BCUT2D eigenvalue weighted by Gasteiger charge is -2.21. The molecule has 16 heavy (non-hydrogen) atoms. The van der Waals surface area contributed by atoms with E-state index < -0.39 is 12.0 Å². The van der Waals surface area contributed by atoms with E-state index in [0.29, 0.717) is 11.0 Å². The molecule has 88 valence electrons. The van der Waals surface area contributed by atoms with Gasteiger partial charge in [0.05, 0.1) is 0 Å². The van der Waals surface area contributed by atoms with Crippen molar-refractivity contribution in [3.8, 4) is 0 Å². The topological polar surface area (TPSA) is 40.5 Å². The molecule has 0 aliphatic rings. The standard InChI is InChI=1S/C11H13BrFNO2/c1-7(11(15)16)14(2)6-8-3-4-9(13)5-10(8)12/h3-5,7H,6H2,1-2H3,(H,15,16). The SMILES string of the molecule is CC(C(=O)O)N(C)Cc1ccc(F)cc1Br. The highest BCUT2D eigenvalue weighted by atomic mass is 79.9. The minimum atomic E-state index is -0.874. The van der Waals surface area contributed by atoms with Crippen molar-refractivity contribution in [3.05, 3.63) is 34.1 Å². The number of hydrogen-bond donors (Lipinski definition) is 1. The van der Waals surface area contributed by atoms with Crippen LogP contribution in [0.3, 0.4) is 0 Å². The Kier molecular flexibility index (Phi) is 4.44. The molecule has 1 N–H and O–H groups in total. The zero-order valence-corrected chi connectivity index (χ0v) is 10.7. The van der Waals surface area contributed by atoms with Crippen LogP contribution in [0.5, 0.6) is 0 Å². The number of halogens is 2. The predicted octanol–water partition coefficient (Wildman–Crippen LogP) is 2.49. The lowest BCUT2D eigenvalue weighted by Crippen LogP contribution is -2.35. The van der Waals surface area contributed by atoms with Crippen LogP contribution in [0.15, 0.2) is 22.7 Å². The average Bonchev–Trinajstić information content (AvgIpc) is 2.20. The van der Waals surface area contributed by atoms with Gasteiger partial charge in [-0.05, 0) is 31.7 Å². The lowest BCUT2D eigenvalue weighted by atomic mass is 10.2. The fourth-order valence-corrected chi connectivity index (χ4v) is 1.72. The maximum Gasteiger partial charge on any atom is 0.320 e. The van der Waals surface area contributed by atoms with Crippen LogP contribution in [0, 0.1) is 5.82 Å². The Morgan fingerprint density at radius 1 is 1.62 bits per heavy atom. The summed E-state index contributed by atoms with van der Waals surface area (Å²) >= 11 is 3.25. The van der Waals surface area contributed by atoms with Crippen LogP contribution in [-0.2, 0) is 11.3 Å². The summed E-state index contributed by atoms with van der Waals surface area (Å²) < 4.78 is 13.5. The van der Waals surface area contributed by atoms with E-state index in [2.05, 4.69) is 15.9 Å². The van der Waals surface area contributed by atoms with Crippen LogP contribution < -0.4 is 0 Å². The van der Waals surface area contributed by atoms with Gasteiger partial charge in [0, 0.05) is 11.0 Å². The van der Waals surface area contributed by atoms with E-state index in [9.17, 15) is 9.18 Å². The highest BCUT2D eigenvalue weighted by Gasteiger charge is 2.17. The highest BCUT2D eigenvalue weighted by molar-refractivity contribution is 9.10. The minimum Gasteiger partial charge on any atom is -0.480 e. The van der Waals surface area contributed by atoms with Gasteiger partial charge < -0.3 is 5.11 Å². The molecule has 1 rings (SSSR count). The van der Waals surface area contributed by atoms with Crippen LogP contribution in [0.2, 0.25) is 0 Å². The van der Waals surface area contributed by atoms with Gasteiger partial charge in [-0.1, -0.05) is 22.0 Å². The largest absolute Gasteiger partial charge is 0.480 e. The van der Waals surface area contributed by atoms with Gasteiger partial charge in [-0.3, -0.25) is 9.69 Å². The molecule has 0 aromatic heterocycles. The molecular weight excluding hydrogens is 277 g/mol. The van der Waals surface area contributed by atoms with Gasteiger partial charge in [0.1, 0.15) is 11.9 Å². The van der Waals surface area contributed by atoms with Crippen molar-refractivity contribution in [3.63, 3.8) is 0 Å². The number of nitrogens with zero attached hydrogens (tertiary/aromatic N) is 1. The molecule has 0 spiro atoms. The second-order valence-electron chi connectivity index (χ2n) is 3.67. The van der Waals surface area contributed by atoms with E-state index >= 15 is 0 Å². The molecule has 1 atom stereocenters. The number of benzene rings is 1. The summed E-state index contributed by atoms with van der Waals surface area (Å²) in [5, 5.41) is 8.83. The number of likely N-dealkylation sites (N-methyl/N-ethyl adjacent to an activating group) is 1. The van der Waals surface area contributed by atoms with Crippen molar-refractivity contribution in [1.29, 1.82) is 0 Å². The number of rotatable bonds is 4. The van der Waals surface area contributed by atoms with E-state index in [4.69, 9.17) is 5.11 Å². The fraction of sp³-hybridized carbons (Fsp3) is 0.364. The van der Waals surface area contributed by atoms with E-state index in [1.165, 1.54) is 12.1 Å². The van der Waals surface area contributed by atoms with E-state index in [0.717, 1.165) is 5.56 Å². The number of carboxylic acids is 1. The summed E-state index contributed by atoms with van der Waals surface area (Å²) in [5.41, 5.74) is 0.858. The summed E-state index contributed by atoms with van der Waals surface area (Å²) in [5.74, 6) is -1.19. The van der Waals surface area contributed by atoms with Crippen molar-refractivity contribution in [2.24, 2.45) is 0 Å². The molecule has 0 radical (unpaired) electrons. The zero-order valence-electron chi connectivity index (χ0n) is 9.08. The predicted molar refractivity (Wildman–Crippen MR) is 62.7 cm³/mol. The van der Waals surface area contributed by atoms with Gasteiger partial charge in [0.15, 0.2) is 0 Å². The Morgan fingerprint density at radius 3 is 2.75 bits per heavy atom. The van der Waals surface area contributed by atoms with Gasteiger partial charge in [-0.15, -0.1) is 0 Å². The molecule has 0 amide bonds. The molecule has 3 nitrogen and oxygen atoms in total. The molecule has 0 fully saturated rings. The molecule has 0 bridgehead atoms. The molecule has 0 saturated carbocycles. The van der Waals surface area contributed by atoms with Crippen molar-refractivity contribution in [2.75, 3.05) is 7.05 Å². The first kappa shape index (κ1) is 13.1. The second-order valence-corrected chi connectivity index (χ2v) is 4.52. The Bertz CT molecular complexity index is 398. The Labute approximate surface area is 102 Å². The first-order valence-electron chi connectivity index (χ1n) is 4.78. The summed E-state index contributed by atoms with van der Waals surface area (Å²) in [6.07, 6.45) is 0. The van der Waals surface area contributed by atoms with Gasteiger partial charge in [-0.2, -0.15) is 0 Å². The summed E-state index contributed by atoms with van der Waals surface area (Å²) in [4.78, 5) is 12.4. The average molecular weight is 290 g/mol.